The van der Waals surface area contributed by atoms with Crippen LogP contribution in [0, 0.1) is 12.7 Å². The van der Waals surface area contributed by atoms with E-state index in [1.807, 2.05) is 24.3 Å². The summed E-state index contributed by atoms with van der Waals surface area (Å²) in [5.41, 5.74) is 2.74. The minimum absolute atomic E-state index is 0.170. The Morgan fingerprint density at radius 3 is 2.91 bits per heavy atom. The van der Waals surface area contributed by atoms with Gasteiger partial charge in [0.05, 0.1) is 5.75 Å². The molecule has 2 aromatic carbocycles. The lowest BCUT2D eigenvalue weighted by Gasteiger charge is -2.07. The number of nitrogens with one attached hydrogen (secondary N) is 1. The van der Waals surface area contributed by atoms with Crippen LogP contribution in [0.4, 0.5) is 10.1 Å². The van der Waals surface area contributed by atoms with E-state index in [9.17, 15) is 9.18 Å². The van der Waals surface area contributed by atoms with Crippen molar-refractivity contribution in [2.45, 2.75) is 12.1 Å². The van der Waals surface area contributed by atoms with Gasteiger partial charge in [-0.3, -0.25) is 4.79 Å². The molecule has 0 saturated carbocycles. The number of para-hydroxylation sites is 2. The van der Waals surface area contributed by atoms with Crippen LogP contribution < -0.4 is 5.32 Å². The van der Waals surface area contributed by atoms with Gasteiger partial charge in [0.2, 0.25) is 5.91 Å². The van der Waals surface area contributed by atoms with E-state index in [1.165, 1.54) is 23.9 Å². The molecule has 0 unspecified atom stereocenters. The molecule has 1 aromatic heterocycles. The highest BCUT2D eigenvalue weighted by Gasteiger charge is 2.10. The Morgan fingerprint density at radius 1 is 1.32 bits per heavy atom. The molecule has 3 rings (SSSR count). The van der Waals surface area contributed by atoms with E-state index in [-0.39, 0.29) is 17.5 Å². The first kappa shape index (κ1) is 14.6. The summed E-state index contributed by atoms with van der Waals surface area (Å²) in [6.07, 6.45) is 0. The molecule has 1 amide bonds. The van der Waals surface area contributed by atoms with Gasteiger partial charge < -0.3 is 9.73 Å². The molecular formula is C16H13FN2O2S. The Kier molecular flexibility index (Phi) is 4.11. The number of amides is 1. The third-order valence-corrected chi connectivity index (χ3v) is 3.89. The van der Waals surface area contributed by atoms with Crippen LogP contribution >= 0.6 is 11.8 Å². The maximum Gasteiger partial charge on any atom is 0.257 e. The number of thioether (sulfide) groups is 1. The predicted octanol–water partition coefficient (Wildman–Crippen LogP) is 4.01. The van der Waals surface area contributed by atoms with E-state index in [0.717, 1.165) is 5.52 Å². The zero-order valence-corrected chi connectivity index (χ0v) is 12.6. The van der Waals surface area contributed by atoms with Gasteiger partial charge in [0.1, 0.15) is 11.3 Å². The molecule has 0 atom stereocenters. The van der Waals surface area contributed by atoms with Crippen LogP contribution in [0.3, 0.4) is 0 Å². The molecule has 0 spiro atoms. The highest BCUT2D eigenvalue weighted by molar-refractivity contribution is 7.99. The first-order valence-electron chi connectivity index (χ1n) is 6.66. The number of nitrogens with zero attached hydrogens (tertiary/aromatic N) is 1. The number of aryl methyl sites for hydroxylation is 1. The van der Waals surface area contributed by atoms with Gasteiger partial charge in [-0.15, -0.1) is 0 Å². The van der Waals surface area contributed by atoms with E-state index in [1.54, 1.807) is 13.0 Å². The van der Waals surface area contributed by atoms with E-state index in [0.29, 0.717) is 22.1 Å². The summed E-state index contributed by atoms with van der Waals surface area (Å²) in [6, 6.07) is 11.7. The van der Waals surface area contributed by atoms with E-state index < -0.39 is 0 Å². The molecule has 4 nitrogen and oxygen atoms in total. The van der Waals surface area contributed by atoms with Gasteiger partial charge >= 0.3 is 0 Å². The Morgan fingerprint density at radius 2 is 2.14 bits per heavy atom. The summed E-state index contributed by atoms with van der Waals surface area (Å²) in [5.74, 6) is -0.345. The Bertz CT molecular complexity index is 799. The Balaban J connectivity index is 1.62. The minimum Gasteiger partial charge on any atom is -0.431 e. The highest BCUT2D eigenvalue weighted by Crippen LogP contribution is 2.23. The predicted molar refractivity (Wildman–Crippen MR) is 84.5 cm³/mol. The summed E-state index contributed by atoms with van der Waals surface area (Å²) in [4.78, 5) is 16.2. The summed E-state index contributed by atoms with van der Waals surface area (Å²) >= 11 is 1.22. The molecule has 22 heavy (non-hydrogen) atoms. The zero-order valence-electron chi connectivity index (χ0n) is 11.8. The van der Waals surface area contributed by atoms with Gasteiger partial charge in [-0.2, -0.15) is 0 Å². The second kappa shape index (κ2) is 6.19. The van der Waals surface area contributed by atoms with Crippen LogP contribution in [0.2, 0.25) is 0 Å². The fourth-order valence-electron chi connectivity index (χ4n) is 1.99. The van der Waals surface area contributed by atoms with Gasteiger partial charge in [0, 0.05) is 5.69 Å². The number of anilines is 1. The molecule has 0 aliphatic carbocycles. The summed E-state index contributed by atoms with van der Waals surface area (Å²) < 4.78 is 18.5. The van der Waals surface area contributed by atoms with Crippen molar-refractivity contribution < 1.29 is 13.6 Å². The van der Waals surface area contributed by atoms with Crippen molar-refractivity contribution in [2.75, 3.05) is 11.1 Å². The number of benzene rings is 2. The third kappa shape index (κ3) is 3.28. The highest BCUT2D eigenvalue weighted by atomic mass is 32.2. The van der Waals surface area contributed by atoms with Crippen molar-refractivity contribution in [1.29, 1.82) is 0 Å². The summed E-state index contributed by atoms with van der Waals surface area (Å²) in [7, 11) is 0. The second-order valence-electron chi connectivity index (χ2n) is 4.74. The quantitative estimate of drug-likeness (QED) is 0.739. The van der Waals surface area contributed by atoms with Crippen molar-refractivity contribution in [3.8, 4) is 0 Å². The first-order valence-corrected chi connectivity index (χ1v) is 7.65. The van der Waals surface area contributed by atoms with Gasteiger partial charge in [-0.05, 0) is 42.8 Å². The van der Waals surface area contributed by atoms with E-state index >= 15 is 0 Å². The fourth-order valence-corrected chi connectivity index (χ4v) is 2.63. The molecule has 1 N–H and O–H groups in total. The lowest BCUT2D eigenvalue weighted by atomic mass is 10.2. The van der Waals surface area contributed by atoms with Crippen LogP contribution in [-0.4, -0.2) is 16.6 Å². The van der Waals surface area contributed by atoms with Crippen molar-refractivity contribution in [3.63, 3.8) is 0 Å². The SMILES string of the molecule is Cc1cc(F)ccc1NC(=O)CSc1nc2ccccc2o1. The number of hydrogen-bond acceptors (Lipinski definition) is 4. The van der Waals surface area contributed by atoms with E-state index in [4.69, 9.17) is 4.42 Å². The van der Waals surface area contributed by atoms with Crippen LogP contribution in [0.25, 0.3) is 11.1 Å². The number of fused-ring (bicyclic) bond motifs is 1. The lowest BCUT2D eigenvalue weighted by molar-refractivity contribution is -0.113. The normalized spacial score (nSPS) is 10.8. The molecule has 1 heterocycles. The second-order valence-corrected chi connectivity index (χ2v) is 5.67. The lowest BCUT2D eigenvalue weighted by Crippen LogP contribution is -2.14. The maximum atomic E-state index is 13.0. The van der Waals surface area contributed by atoms with Crippen LogP contribution in [0.1, 0.15) is 5.56 Å². The Labute approximate surface area is 130 Å². The topological polar surface area (TPSA) is 55.1 Å². The molecule has 0 fully saturated rings. The molecule has 6 heteroatoms. The molecule has 0 saturated heterocycles. The smallest absolute Gasteiger partial charge is 0.257 e. The molecule has 0 radical (unpaired) electrons. The molecule has 0 aliphatic heterocycles. The number of rotatable bonds is 4. The number of carbonyl (C=O) groups excluding carboxylic acids is 1. The van der Waals surface area contributed by atoms with Crippen molar-refractivity contribution in [2.24, 2.45) is 0 Å². The molecule has 0 aliphatic rings. The number of carbonyl (C=O) groups is 1. The number of halogens is 1. The Hall–Kier alpha value is -2.34. The van der Waals surface area contributed by atoms with E-state index in [2.05, 4.69) is 10.3 Å². The number of hydrogen-bond donors (Lipinski definition) is 1. The van der Waals surface area contributed by atoms with Crippen LogP contribution in [0.15, 0.2) is 52.1 Å². The van der Waals surface area contributed by atoms with Crippen molar-refractivity contribution in [1.82, 2.24) is 4.98 Å². The number of oxazole rings is 1. The molecule has 3 aromatic rings. The maximum absolute atomic E-state index is 13.0. The monoisotopic (exact) mass is 316 g/mol. The molecular weight excluding hydrogens is 303 g/mol. The summed E-state index contributed by atoms with van der Waals surface area (Å²) in [5, 5.41) is 3.20. The van der Waals surface area contributed by atoms with Gasteiger partial charge in [0.15, 0.2) is 5.58 Å². The largest absolute Gasteiger partial charge is 0.431 e. The fraction of sp³-hybridized carbons (Fsp3) is 0.125. The molecule has 112 valence electrons. The van der Waals surface area contributed by atoms with Gasteiger partial charge in [-0.1, -0.05) is 23.9 Å². The van der Waals surface area contributed by atoms with Crippen molar-refractivity contribution >= 4 is 34.5 Å². The number of aromatic nitrogens is 1. The van der Waals surface area contributed by atoms with Crippen LogP contribution in [-0.2, 0) is 4.79 Å². The minimum atomic E-state index is -0.323. The standard InChI is InChI=1S/C16H13FN2O2S/c1-10-8-11(17)6-7-12(10)18-15(20)9-22-16-19-13-4-2-3-5-14(13)21-16/h2-8H,9H2,1H3,(H,18,20). The average molecular weight is 316 g/mol. The zero-order chi connectivity index (χ0) is 15.5. The van der Waals surface area contributed by atoms with Crippen molar-refractivity contribution in [3.05, 3.63) is 53.8 Å². The average Bonchev–Trinajstić information content (AvgIpc) is 2.91. The first-order chi connectivity index (χ1) is 10.6. The van der Waals surface area contributed by atoms with Gasteiger partial charge in [0.25, 0.3) is 5.22 Å². The molecule has 0 bridgehead atoms. The third-order valence-electron chi connectivity index (χ3n) is 3.06. The summed E-state index contributed by atoms with van der Waals surface area (Å²) in [6.45, 7) is 1.74. The van der Waals surface area contributed by atoms with Crippen LogP contribution in [0.5, 0.6) is 0 Å². The van der Waals surface area contributed by atoms with Gasteiger partial charge in [-0.25, -0.2) is 9.37 Å².